The van der Waals surface area contributed by atoms with Gasteiger partial charge in [-0.05, 0) is 55.0 Å². The summed E-state index contributed by atoms with van der Waals surface area (Å²) < 4.78 is 15.0. The van der Waals surface area contributed by atoms with Crippen LogP contribution in [0.3, 0.4) is 0 Å². The predicted octanol–water partition coefficient (Wildman–Crippen LogP) is 5.03. The number of carbonyl (C=O) groups excluding carboxylic acids is 1. The molecule has 0 bridgehead atoms. The van der Waals surface area contributed by atoms with Crippen molar-refractivity contribution in [2.75, 3.05) is 0 Å². The maximum atomic E-state index is 13.1. The topological polar surface area (TPSA) is 59.8 Å². The van der Waals surface area contributed by atoms with Gasteiger partial charge in [0.2, 0.25) is 5.91 Å². The number of hydrogen-bond acceptors (Lipinski definition) is 4. The second-order valence-corrected chi connectivity index (χ2v) is 7.57. The molecule has 0 radical (unpaired) electrons. The summed E-state index contributed by atoms with van der Waals surface area (Å²) in [5.74, 6) is -0.477. The molecule has 4 aromatic rings. The van der Waals surface area contributed by atoms with Crippen molar-refractivity contribution in [3.8, 4) is 16.3 Å². The van der Waals surface area contributed by atoms with E-state index in [2.05, 4.69) is 15.3 Å². The Kier molecular flexibility index (Phi) is 5.81. The Morgan fingerprint density at radius 3 is 2.63 bits per heavy atom. The Morgan fingerprint density at radius 1 is 1.17 bits per heavy atom. The molecular weight excluding hydrogens is 399 g/mol. The van der Waals surface area contributed by atoms with Crippen LogP contribution >= 0.6 is 11.3 Å². The zero-order valence-corrected chi connectivity index (χ0v) is 17.0. The number of nitrogens with zero attached hydrogens (tertiary/aromatic N) is 3. The van der Waals surface area contributed by atoms with Crippen LogP contribution in [-0.4, -0.2) is 20.4 Å². The van der Waals surface area contributed by atoms with Gasteiger partial charge in [-0.25, -0.2) is 14.4 Å². The molecule has 150 valence electrons. The van der Waals surface area contributed by atoms with Gasteiger partial charge in [-0.15, -0.1) is 11.3 Å². The van der Waals surface area contributed by atoms with E-state index in [-0.39, 0.29) is 17.8 Å². The van der Waals surface area contributed by atoms with Crippen molar-refractivity contribution < 1.29 is 9.18 Å². The minimum atomic E-state index is -0.280. The van der Waals surface area contributed by atoms with Gasteiger partial charge in [0.05, 0.1) is 18.1 Å². The first-order chi connectivity index (χ1) is 14.6. The molecule has 0 fully saturated rings. The summed E-state index contributed by atoms with van der Waals surface area (Å²) in [7, 11) is 0. The van der Waals surface area contributed by atoms with E-state index < -0.39 is 0 Å². The average molecular weight is 418 g/mol. The highest BCUT2D eigenvalue weighted by molar-refractivity contribution is 7.13. The van der Waals surface area contributed by atoms with E-state index in [1.807, 2.05) is 47.3 Å². The van der Waals surface area contributed by atoms with Crippen LogP contribution in [0.15, 0.2) is 78.7 Å². The molecule has 0 aliphatic carbocycles. The van der Waals surface area contributed by atoms with Crippen LogP contribution in [-0.2, 0) is 4.79 Å². The normalized spacial score (nSPS) is 12.2. The highest BCUT2D eigenvalue weighted by Gasteiger charge is 2.09. The second kappa shape index (κ2) is 8.84. The van der Waals surface area contributed by atoms with Crippen molar-refractivity contribution in [3.63, 3.8) is 0 Å². The van der Waals surface area contributed by atoms with Crippen LogP contribution in [0.25, 0.3) is 22.3 Å². The van der Waals surface area contributed by atoms with Crippen LogP contribution in [0, 0.1) is 5.82 Å². The molecule has 2 aromatic carbocycles. The number of benzene rings is 2. The number of aromatic nitrogens is 3. The Morgan fingerprint density at radius 2 is 1.93 bits per heavy atom. The van der Waals surface area contributed by atoms with Crippen LogP contribution < -0.4 is 5.32 Å². The van der Waals surface area contributed by atoms with E-state index in [1.165, 1.54) is 29.5 Å². The predicted molar refractivity (Wildman–Crippen MR) is 117 cm³/mol. The molecular formula is C23H19FN4OS. The van der Waals surface area contributed by atoms with Crippen molar-refractivity contribution in [1.82, 2.24) is 19.9 Å². The highest BCUT2D eigenvalue weighted by Crippen LogP contribution is 2.24. The largest absolute Gasteiger partial charge is 0.346 e. The fraction of sp³-hybridized carbons (Fsp3) is 0.0870. The van der Waals surface area contributed by atoms with Crippen LogP contribution in [0.2, 0.25) is 0 Å². The van der Waals surface area contributed by atoms with Gasteiger partial charge >= 0.3 is 0 Å². The lowest BCUT2D eigenvalue weighted by molar-refractivity contribution is -0.117. The Labute approximate surface area is 177 Å². The fourth-order valence-electron chi connectivity index (χ4n) is 2.94. The SMILES string of the molecule is CC(NC(=O)/C=C/c1csc(-c2ccc(F)cc2)n1)c1ccc(-n2ccnc2)cc1. The van der Waals surface area contributed by atoms with E-state index in [9.17, 15) is 9.18 Å². The molecule has 0 saturated carbocycles. The molecule has 0 saturated heterocycles. The standard InChI is InChI=1S/C23H19FN4OS/c1-16(17-4-9-21(10-5-17)28-13-12-25-15-28)26-22(29)11-8-20-14-30-23(27-20)18-2-6-19(24)7-3-18/h2-16H,1H3,(H,26,29)/b11-8+. The van der Waals surface area contributed by atoms with E-state index in [4.69, 9.17) is 0 Å². The maximum Gasteiger partial charge on any atom is 0.244 e. The lowest BCUT2D eigenvalue weighted by Gasteiger charge is -2.13. The van der Waals surface area contributed by atoms with Crippen LogP contribution in [0.1, 0.15) is 24.2 Å². The van der Waals surface area contributed by atoms with E-state index >= 15 is 0 Å². The molecule has 1 amide bonds. The fourth-order valence-corrected chi connectivity index (χ4v) is 3.73. The van der Waals surface area contributed by atoms with Crippen molar-refractivity contribution >= 4 is 23.3 Å². The number of thiazole rings is 1. The molecule has 1 atom stereocenters. The molecule has 0 aliphatic rings. The lowest BCUT2D eigenvalue weighted by atomic mass is 10.1. The third kappa shape index (κ3) is 4.69. The smallest absolute Gasteiger partial charge is 0.244 e. The minimum Gasteiger partial charge on any atom is -0.346 e. The van der Waals surface area contributed by atoms with Gasteiger partial charge in [-0.3, -0.25) is 4.79 Å². The van der Waals surface area contributed by atoms with Gasteiger partial charge in [-0.2, -0.15) is 0 Å². The van der Waals surface area contributed by atoms with E-state index in [1.54, 1.807) is 30.7 Å². The average Bonchev–Trinajstić information content (AvgIpc) is 3.45. The first-order valence-electron chi connectivity index (χ1n) is 9.37. The third-order valence-corrected chi connectivity index (χ3v) is 5.48. The van der Waals surface area contributed by atoms with Crippen LogP contribution in [0.5, 0.6) is 0 Å². The van der Waals surface area contributed by atoms with Gasteiger partial charge in [0, 0.05) is 35.1 Å². The van der Waals surface area contributed by atoms with Gasteiger partial charge in [-0.1, -0.05) is 12.1 Å². The summed E-state index contributed by atoms with van der Waals surface area (Å²) in [5, 5.41) is 5.60. The zero-order valence-electron chi connectivity index (χ0n) is 16.2. The summed E-state index contributed by atoms with van der Waals surface area (Å²) >= 11 is 1.45. The quantitative estimate of drug-likeness (QED) is 0.447. The Hall–Kier alpha value is -3.58. The molecule has 7 heteroatoms. The second-order valence-electron chi connectivity index (χ2n) is 6.71. The molecule has 1 N–H and O–H groups in total. The first-order valence-corrected chi connectivity index (χ1v) is 10.2. The molecule has 5 nitrogen and oxygen atoms in total. The van der Waals surface area contributed by atoms with E-state index in [0.717, 1.165) is 21.8 Å². The number of carbonyl (C=O) groups is 1. The van der Waals surface area contributed by atoms with Gasteiger partial charge in [0.25, 0.3) is 0 Å². The van der Waals surface area contributed by atoms with Crippen molar-refractivity contribution in [3.05, 3.63) is 95.8 Å². The molecule has 2 aromatic heterocycles. The lowest BCUT2D eigenvalue weighted by Crippen LogP contribution is -2.24. The molecule has 4 rings (SSSR count). The van der Waals surface area contributed by atoms with Gasteiger partial charge in [0.1, 0.15) is 10.8 Å². The highest BCUT2D eigenvalue weighted by atomic mass is 32.1. The number of halogens is 1. The number of nitrogens with one attached hydrogen (secondary N) is 1. The number of amides is 1. The zero-order chi connectivity index (χ0) is 20.9. The Bertz CT molecular complexity index is 1150. The summed E-state index contributed by atoms with van der Waals surface area (Å²) in [6, 6.07) is 14.0. The summed E-state index contributed by atoms with van der Waals surface area (Å²) in [6.07, 6.45) is 8.50. The van der Waals surface area contributed by atoms with E-state index in [0.29, 0.717) is 5.69 Å². The molecule has 1 unspecified atom stereocenters. The first kappa shape index (κ1) is 19.7. The number of rotatable bonds is 6. The summed E-state index contributed by atoms with van der Waals surface area (Å²) in [5.41, 5.74) is 3.55. The number of imidazole rings is 1. The van der Waals surface area contributed by atoms with Crippen molar-refractivity contribution in [2.45, 2.75) is 13.0 Å². The minimum absolute atomic E-state index is 0.135. The monoisotopic (exact) mass is 418 g/mol. The van der Waals surface area contributed by atoms with Gasteiger partial charge in [0.15, 0.2) is 0 Å². The third-order valence-electron chi connectivity index (χ3n) is 4.57. The summed E-state index contributed by atoms with van der Waals surface area (Å²) in [4.78, 5) is 20.8. The number of hydrogen-bond donors (Lipinski definition) is 1. The molecule has 2 heterocycles. The van der Waals surface area contributed by atoms with Crippen molar-refractivity contribution in [1.29, 1.82) is 0 Å². The van der Waals surface area contributed by atoms with Crippen LogP contribution in [0.4, 0.5) is 4.39 Å². The maximum absolute atomic E-state index is 13.1. The molecule has 30 heavy (non-hydrogen) atoms. The van der Waals surface area contributed by atoms with Crippen molar-refractivity contribution in [2.24, 2.45) is 0 Å². The Balaban J connectivity index is 1.36. The summed E-state index contributed by atoms with van der Waals surface area (Å²) in [6.45, 7) is 1.94. The molecule has 0 spiro atoms. The van der Waals surface area contributed by atoms with Gasteiger partial charge < -0.3 is 9.88 Å². The molecule has 0 aliphatic heterocycles.